The number of aryl methyl sites for hydroxylation is 1. The zero-order chi connectivity index (χ0) is 23.2. The number of benzene rings is 2. The first-order chi connectivity index (χ1) is 15.6. The van der Waals surface area contributed by atoms with E-state index in [0.29, 0.717) is 37.0 Å². The van der Waals surface area contributed by atoms with Gasteiger partial charge in [-0.25, -0.2) is 0 Å². The smallest absolute Gasteiger partial charge is 0.251 e. The number of methoxy groups -OCH3 is 2. The van der Waals surface area contributed by atoms with Crippen molar-refractivity contribution in [2.75, 3.05) is 47.5 Å². The summed E-state index contributed by atoms with van der Waals surface area (Å²) in [5.74, 6) is 2.74. The second-order valence-electron chi connectivity index (χ2n) is 6.94. The van der Waals surface area contributed by atoms with Gasteiger partial charge < -0.3 is 30.2 Å². The number of hydrogen-bond acceptors (Lipinski definition) is 5. The Kier molecular flexibility index (Phi) is 13.7. The van der Waals surface area contributed by atoms with Gasteiger partial charge in [-0.3, -0.25) is 9.79 Å². The SMILES string of the molecule is CCOc1cc(CCCNC(=NC)NCCNC(=O)c2cccc(OC)c2)ccc1OC.I. The molecule has 0 radical (unpaired) electrons. The van der Waals surface area contributed by atoms with Gasteiger partial charge in [0.25, 0.3) is 5.91 Å². The maximum Gasteiger partial charge on any atom is 0.251 e. The lowest BCUT2D eigenvalue weighted by Crippen LogP contribution is -2.41. The Balaban J connectivity index is 0.00000544. The number of rotatable bonds is 12. The Hall–Kier alpha value is -2.69. The molecular formula is C24H35IN4O4. The highest BCUT2D eigenvalue weighted by molar-refractivity contribution is 14.0. The van der Waals surface area contributed by atoms with Crippen molar-refractivity contribution in [2.24, 2.45) is 4.99 Å². The van der Waals surface area contributed by atoms with Gasteiger partial charge in [-0.05, 0) is 55.7 Å². The topological polar surface area (TPSA) is 93.2 Å². The van der Waals surface area contributed by atoms with Gasteiger partial charge >= 0.3 is 0 Å². The third-order valence-electron chi connectivity index (χ3n) is 4.72. The van der Waals surface area contributed by atoms with Crippen LogP contribution in [0.5, 0.6) is 17.2 Å². The average molecular weight is 570 g/mol. The monoisotopic (exact) mass is 570 g/mol. The van der Waals surface area contributed by atoms with Crippen molar-refractivity contribution in [3.63, 3.8) is 0 Å². The van der Waals surface area contributed by atoms with Gasteiger partial charge in [-0.1, -0.05) is 12.1 Å². The number of carbonyl (C=O) groups is 1. The lowest BCUT2D eigenvalue weighted by atomic mass is 10.1. The van der Waals surface area contributed by atoms with Crippen LogP contribution < -0.4 is 30.2 Å². The van der Waals surface area contributed by atoms with Gasteiger partial charge in [-0.15, -0.1) is 24.0 Å². The first-order valence-electron chi connectivity index (χ1n) is 10.8. The van der Waals surface area contributed by atoms with E-state index in [4.69, 9.17) is 14.2 Å². The number of aliphatic imine (C=N–C) groups is 1. The number of amides is 1. The predicted octanol–water partition coefficient (Wildman–Crippen LogP) is 3.25. The third kappa shape index (κ3) is 9.77. The van der Waals surface area contributed by atoms with Crippen LogP contribution in [0.4, 0.5) is 0 Å². The van der Waals surface area contributed by atoms with Crippen molar-refractivity contribution < 1.29 is 19.0 Å². The molecule has 0 heterocycles. The summed E-state index contributed by atoms with van der Waals surface area (Å²) >= 11 is 0. The lowest BCUT2D eigenvalue weighted by molar-refractivity contribution is 0.0954. The average Bonchev–Trinajstić information content (AvgIpc) is 2.83. The molecule has 182 valence electrons. The minimum absolute atomic E-state index is 0. The first-order valence-corrected chi connectivity index (χ1v) is 10.8. The number of carbonyl (C=O) groups excluding carboxylic acids is 1. The number of halogens is 1. The van der Waals surface area contributed by atoms with Gasteiger partial charge in [0.15, 0.2) is 17.5 Å². The number of nitrogens with one attached hydrogen (secondary N) is 3. The number of hydrogen-bond donors (Lipinski definition) is 3. The summed E-state index contributed by atoms with van der Waals surface area (Å²) < 4.78 is 16.1. The van der Waals surface area contributed by atoms with Crippen molar-refractivity contribution in [1.29, 1.82) is 0 Å². The Morgan fingerprint density at radius 2 is 1.70 bits per heavy atom. The molecular weight excluding hydrogens is 535 g/mol. The van der Waals surface area contributed by atoms with Gasteiger partial charge in [0, 0.05) is 32.2 Å². The van der Waals surface area contributed by atoms with Crippen LogP contribution in [-0.4, -0.2) is 59.4 Å². The molecule has 0 unspecified atom stereocenters. The maximum absolute atomic E-state index is 12.2. The molecule has 0 aliphatic rings. The minimum atomic E-state index is -0.139. The molecule has 0 saturated carbocycles. The molecule has 33 heavy (non-hydrogen) atoms. The van der Waals surface area contributed by atoms with E-state index in [1.165, 1.54) is 5.56 Å². The van der Waals surface area contributed by atoms with Crippen LogP contribution in [0.2, 0.25) is 0 Å². The van der Waals surface area contributed by atoms with Crippen LogP contribution >= 0.6 is 24.0 Å². The van der Waals surface area contributed by atoms with E-state index in [1.54, 1.807) is 45.5 Å². The number of ether oxygens (including phenoxy) is 3. The van der Waals surface area contributed by atoms with Crippen molar-refractivity contribution in [1.82, 2.24) is 16.0 Å². The molecule has 1 amide bonds. The lowest BCUT2D eigenvalue weighted by Gasteiger charge is -2.13. The summed E-state index contributed by atoms with van der Waals surface area (Å²) in [5.41, 5.74) is 1.76. The van der Waals surface area contributed by atoms with E-state index in [1.807, 2.05) is 19.1 Å². The molecule has 3 N–H and O–H groups in total. The van der Waals surface area contributed by atoms with E-state index in [9.17, 15) is 4.79 Å². The van der Waals surface area contributed by atoms with Crippen molar-refractivity contribution in [3.8, 4) is 17.2 Å². The summed E-state index contributed by atoms with van der Waals surface area (Å²) in [6.45, 7) is 4.36. The summed E-state index contributed by atoms with van der Waals surface area (Å²) in [4.78, 5) is 16.4. The van der Waals surface area contributed by atoms with Crippen LogP contribution in [0.25, 0.3) is 0 Å². The van der Waals surface area contributed by atoms with Gasteiger partial charge in [-0.2, -0.15) is 0 Å². The Bertz CT molecular complexity index is 893. The zero-order valence-electron chi connectivity index (χ0n) is 19.8. The fourth-order valence-corrected chi connectivity index (χ4v) is 3.09. The molecule has 2 aromatic rings. The van der Waals surface area contributed by atoms with Crippen molar-refractivity contribution in [3.05, 3.63) is 53.6 Å². The number of nitrogens with zero attached hydrogens (tertiary/aromatic N) is 1. The van der Waals surface area contributed by atoms with Crippen molar-refractivity contribution >= 4 is 35.8 Å². The molecule has 0 aliphatic carbocycles. The normalized spacial score (nSPS) is 10.6. The van der Waals surface area contributed by atoms with Gasteiger partial charge in [0.2, 0.25) is 0 Å². The highest BCUT2D eigenvalue weighted by Gasteiger charge is 2.07. The van der Waals surface area contributed by atoms with Crippen molar-refractivity contribution in [2.45, 2.75) is 19.8 Å². The van der Waals surface area contributed by atoms with Crippen LogP contribution in [0, 0.1) is 0 Å². The Morgan fingerprint density at radius 3 is 2.39 bits per heavy atom. The quantitative estimate of drug-likeness (QED) is 0.157. The molecule has 0 saturated heterocycles. The molecule has 0 aliphatic heterocycles. The molecule has 2 aromatic carbocycles. The highest BCUT2D eigenvalue weighted by atomic mass is 127. The largest absolute Gasteiger partial charge is 0.497 e. The molecule has 0 atom stereocenters. The fourth-order valence-electron chi connectivity index (χ4n) is 3.09. The second kappa shape index (κ2) is 16.0. The number of guanidine groups is 1. The molecule has 0 fully saturated rings. The van der Waals surface area contributed by atoms with Gasteiger partial charge in [0.1, 0.15) is 5.75 Å². The maximum atomic E-state index is 12.2. The van der Waals surface area contributed by atoms with E-state index in [0.717, 1.165) is 30.9 Å². The van der Waals surface area contributed by atoms with E-state index in [2.05, 4.69) is 27.0 Å². The summed E-state index contributed by atoms with van der Waals surface area (Å²) in [6, 6.07) is 13.1. The van der Waals surface area contributed by atoms with Crippen LogP contribution in [0.1, 0.15) is 29.3 Å². The first kappa shape index (κ1) is 28.3. The molecule has 9 heteroatoms. The zero-order valence-corrected chi connectivity index (χ0v) is 22.1. The second-order valence-corrected chi connectivity index (χ2v) is 6.94. The Labute approximate surface area is 213 Å². The van der Waals surface area contributed by atoms with Gasteiger partial charge in [0.05, 0.1) is 20.8 Å². The molecule has 0 bridgehead atoms. The summed E-state index contributed by atoms with van der Waals surface area (Å²) in [6.07, 6.45) is 1.84. The summed E-state index contributed by atoms with van der Waals surface area (Å²) in [5, 5.41) is 9.37. The summed E-state index contributed by atoms with van der Waals surface area (Å²) in [7, 11) is 4.95. The standard InChI is InChI=1S/C24H34N4O4.HI/c1-5-32-22-16-18(11-12-21(22)31-4)8-7-13-27-24(25-2)28-15-14-26-23(29)19-9-6-10-20(17-19)30-3;/h6,9-12,16-17H,5,7-8,13-15H2,1-4H3,(H,26,29)(H2,25,27,28);1H. The predicted molar refractivity (Wildman–Crippen MR) is 143 cm³/mol. The molecule has 0 aromatic heterocycles. The van der Waals surface area contributed by atoms with E-state index in [-0.39, 0.29) is 29.9 Å². The third-order valence-corrected chi connectivity index (χ3v) is 4.72. The van der Waals surface area contributed by atoms with Crippen LogP contribution in [-0.2, 0) is 6.42 Å². The Morgan fingerprint density at radius 1 is 0.939 bits per heavy atom. The van der Waals surface area contributed by atoms with E-state index >= 15 is 0 Å². The van der Waals surface area contributed by atoms with Crippen LogP contribution in [0.3, 0.4) is 0 Å². The van der Waals surface area contributed by atoms with E-state index < -0.39 is 0 Å². The van der Waals surface area contributed by atoms with Crippen LogP contribution in [0.15, 0.2) is 47.5 Å². The molecule has 2 rings (SSSR count). The minimum Gasteiger partial charge on any atom is -0.497 e. The highest BCUT2D eigenvalue weighted by Crippen LogP contribution is 2.28. The fraction of sp³-hybridized carbons (Fsp3) is 0.417. The molecule has 0 spiro atoms. The molecule has 8 nitrogen and oxygen atoms in total.